The quantitative estimate of drug-likeness (QED) is 0.888. The van der Waals surface area contributed by atoms with E-state index in [1.165, 1.54) is 11.1 Å². The molecule has 0 aliphatic rings. The van der Waals surface area contributed by atoms with Crippen LogP contribution in [0.5, 0.6) is 5.75 Å². The van der Waals surface area contributed by atoms with Crippen molar-refractivity contribution in [1.29, 1.82) is 0 Å². The van der Waals surface area contributed by atoms with Crippen molar-refractivity contribution in [3.05, 3.63) is 58.6 Å². The Labute approximate surface area is 113 Å². The predicted octanol–water partition coefficient (Wildman–Crippen LogP) is 4.27. The van der Waals surface area contributed by atoms with Crippen molar-refractivity contribution in [2.45, 2.75) is 13.5 Å². The Hall–Kier alpha value is -1.67. The van der Waals surface area contributed by atoms with Crippen molar-refractivity contribution in [3.8, 4) is 5.75 Å². The SMILES string of the molecule is COc1cccc(CNc2cc(Cl)ccc2C)c1. The summed E-state index contributed by atoms with van der Waals surface area (Å²) in [5.41, 5.74) is 3.42. The van der Waals surface area contributed by atoms with E-state index in [9.17, 15) is 0 Å². The smallest absolute Gasteiger partial charge is 0.119 e. The molecule has 0 radical (unpaired) electrons. The maximum absolute atomic E-state index is 5.99. The molecule has 0 saturated heterocycles. The van der Waals surface area contributed by atoms with Crippen molar-refractivity contribution < 1.29 is 4.74 Å². The van der Waals surface area contributed by atoms with Crippen molar-refractivity contribution in [2.24, 2.45) is 0 Å². The van der Waals surface area contributed by atoms with E-state index in [2.05, 4.69) is 18.3 Å². The Morgan fingerprint density at radius 1 is 1.17 bits per heavy atom. The molecule has 2 aromatic rings. The molecule has 18 heavy (non-hydrogen) atoms. The summed E-state index contributed by atoms with van der Waals surface area (Å²) in [5, 5.41) is 4.13. The van der Waals surface area contributed by atoms with E-state index < -0.39 is 0 Å². The summed E-state index contributed by atoms with van der Waals surface area (Å²) >= 11 is 5.99. The van der Waals surface area contributed by atoms with Crippen LogP contribution in [0.25, 0.3) is 0 Å². The summed E-state index contributed by atoms with van der Waals surface area (Å²) in [4.78, 5) is 0. The number of hydrogen-bond acceptors (Lipinski definition) is 2. The molecule has 0 aliphatic carbocycles. The highest BCUT2D eigenvalue weighted by Gasteiger charge is 2.00. The summed E-state index contributed by atoms with van der Waals surface area (Å²) in [7, 11) is 1.67. The standard InChI is InChI=1S/C15H16ClNO/c1-11-6-7-13(16)9-15(11)17-10-12-4-3-5-14(8-12)18-2/h3-9,17H,10H2,1-2H3. The van der Waals surface area contributed by atoms with Gasteiger partial charge in [0.25, 0.3) is 0 Å². The van der Waals surface area contributed by atoms with E-state index in [0.717, 1.165) is 23.0 Å². The van der Waals surface area contributed by atoms with Crippen LogP contribution in [0.2, 0.25) is 5.02 Å². The first-order valence-corrected chi connectivity index (χ1v) is 6.20. The normalized spacial score (nSPS) is 10.2. The number of ether oxygens (including phenoxy) is 1. The maximum atomic E-state index is 5.99. The van der Waals surface area contributed by atoms with Crippen molar-refractivity contribution >= 4 is 17.3 Å². The first-order valence-electron chi connectivity index (χ1n) is 5.82. The highest BCUT2D eigenvalue weighted by molar-refractivity contribution is 6.30. The summed E-state index contributed by atoms with van der Waals surface area (Å²) in [6, 6.07) is 13.9. The zero-order valence-corrected chi connectivity index (χ0v) is 11.3. The van der Waals surface area contributed by atoms with Gasteiger partial charge in [-0.15, -0.1) is 0 Å². The van der Waals surface area contributed by atoms with Gasteiger partial charge in [-0.05, 0) is 42.3 Å². The van der Waals surface area contributed by atoms with Gasteiger partial charge in [0.15, 0.2) is 0 Å². The van der Waals surface area contributed by atoms with Gasteiger partial charge in [0, 0.05) is 17.3 Å². The first-order chi connectivity index (χ1) is 8.69. The molecule has 2 nitrogen and oxygen atoms in total. The summed E-state index contributed by atoms with van der Waals surface area (Å²) in [6.07, 6.45) is 0. The van der Waals surface area contributed by atoms with Gasteiger partial charge >= 0.3 is 0 Å². The van der Waals surface area contributed by atoms with E-state index in [1.807, 2.05) is 36.4 Å². The van der Waals surface area contributed by atoms with Gasteiger partial charge in [-0.25, -0.2) is 0 Å². The molecular weight excluding hydrogens is 246 g/mol. The van der Waals surface area contributed by atoms with Crippen molar-refractivity contribution in [3.63, 3.8) is 0 Å². The third-order valence-corrected chi connectivity index (χ3v) is 3.05. The highest BCUT2D eigenvalue weighted by atomic mass is 35.5. The second kappa shape index (κ2) is 5.78. The lowest BCUT2D eigenvalue weighted by Crippen LogP contribution is -2.01. The lowest BCUT2D eigenvalue weighted by molar-refractivity contribution is 0.414. The van der Waals surface area contributed by atoms with Crippen molar-refractivity contribution in [1.82, 2.24) is 0 Å². The number of benzene rings is 2. The minimum absolute atomic E-state index is 0.744. The molecule has 94 valence electrons. The zero-order valence-electron chi connectivity index (χ0n) is 10.5. The first kappa shape index (κ1) is 12.8. The second-order valence-corrected chi connectivity index (χ2v) is 4.60. The molecule has 0 aliphatic heterocycles. The Morgan fingerprint density at radius 2 is 2.00 bits per heavy atom. The molecule has 3 heteroatoms. The average molecular weight is 262 g/mol. The monoisotopic (exact) mass is 261 g/mol. The number of aryl methyl sites for hydroxylation is 1. The molecule has 1 N–H and O–H groups in total. The lowest BCUT2D eigenvalue weighted by atomic mass is 10.1. The van der Waals surface area contributed by atoms with Gasteiger partial charge in [0.2, 0.25) is 0 Å². The number of nitrogens with one attached hydrogen (secondary N) is 1. The van der Waals surface area contributed by atoms with E-state index in [1.54, 1.807) is 7.11 Å². The van der Waals surface area contributed by atoms with Gasteiger partial charge in [-0.2, -0.15) is 0 Å². The number of hydrogen-bond donors (Lipinski definition) is 1. The largest absolute Gasteiger partial charge is 0.497 e. The van der Waals surface area contributed by atoms with Crippen LogP contribution in [0.3, 0.4) is 0 Å². The Bertz CT molecular complexity index is 540. The molecule has 0 atom stereocenters. The van der Waals surface area contributed by atoms with Crippen LogP contribution in [-0.2, 0) is 6.54 Å². The van der Waals surface area contributed by atoms with E-state index in [-0.39, 0.29) is 0 Å². The zero-order chi connectivity index (χ0) is 13.0. The number of rotatable bonds is 4. The second-order valence-electron chi connectivity index (χ2n) is 4.16. The van der Waals surface area contributed by atoms with Crippen LogP contribution in [0.15, 0.2) is 42.5 Å². The van der Waals surface area contributed by atoms with Crippen molar-refractivity contribution in [2.75, 3.05) is 12.4 Å². The summed E-state index contributed by atoms with van der Waals surface area (Å²) < 4.78 is 5.20. The van der Waals surface area contributed by atoms with Crippen LogP contribution in [0.1, 0.15) is 11.1 Å². The Balaban J connectivity index is 2.08. The van der Waals surface area contributed by atoms with Gasteiger partial charge in [0.1, 0.15) is 5.75 Å². The van der Waals surface area contributed by atoms with Crippen LogP contribution < -0.4 is 10.1 Å². The van der Waals surface area contributed by atoms with Crippen LogP contribution >= 0.6 is 11.6 Å². The highest BCUT2D eigenvalue weighted by Crippen LogP contribution is 2.21. The molecule has 0 amide bonds. The van der Waals surface area contributed by atoms with Gasteiger partial charge in [-0.1, -0.05) is 29.8 Å². The van der Waals surface area contributed by atoms with Crippen LogP contribution in [-0.4, -0.2) is 7.11 Å². The molecule has 2 rings (SSSR count). The van der Waals surface area contributed by atoms with E-state index >= 15 is 0 Å². The minimum Gasteiger partial charge on any atom is -0.497 e. The molecule has 0 fully saturated rings. The molecule has 0 unspecified atom stereocenters. The summed E-state index contributed by atoms with van der Waals surface area (Å²) in [6.45, 7) is 2.81. The Morgan fingerprint density at radius 3 is 2.78 bits per heavy atom. The average Bonchev–Trinajstić information content (AvgIpc) is 2.40. The van der Waals surface area contributed by atoms with Gasteiger partial charge < -0.3 is 10.1 Å². The Kier molecular flexibility index (Phi) is 4.11. The third kappa shape index (κ3) is 3.17. The minimum atomic E-state index is 0.744. The number of halogens is 1. The van der Waals surface area contributed by atoms with E-state index in [0.29, 0.717) is 0 Å². The lowest BCUT2D eigenvalue weighted by Gasteiger charge is -2.10. The fourth-order valence-corrected chi connectivity index (χ4v) is 1.94. The topological polar surface area (TPSA) is 21.3 Å². The molecular formula is C15H16ClNO. The molecule has 0 spiro atoms. The van der Waals surface area contributed by atoms with Crippen LogP contribution in [0.4, 0.5) is 5.69 Å². The summed E-state index contributed by atoms with van der Waals surface area (Å²) in [5.74, 6) is 0.872. The van der Waals surface area contributed by atoms with Crippen LogP contribution in [0, 0.1) is 6.92 Å². The van der Waals surface area contributed by atoms with Gasteiger partial charge in [0.05, 0.1) is 7.11 Å². The fourth-order valence-electron chi connectivity index (χ4n) is 1.76. The number of methoxy groups -OCH3 is 1. The maximum Gasteiger partial charge on any atom is 0.119 e. The molecule has 2 aromatic carbocycles. The predicted molar refractivity (Wildman–Crippen MR) is 76.5 cm³/mol. The van der Waals surface area contributed by atoms with E-state index in [4.69, 9.17) is 16.3 Å². The molecule has 0 heterocycles. The molecule has 0 bridgehead atoms. The third-order valence-electron chi connectivity index (χ3n) is 2.82. The molecule has 0 saturated carbocycles. The fraction of sp³-hybridized carbons (Fsp3) is 0.200. The van der Waals surface area contributed by atoms with Gasteiger partial charge in [-0.3, -0.25) is 0 Å². The number of anilines is 1. The molecule has 0 aromatic heterocycles.